The van der Waals surface area contributed by atoms with Gasteiger partial charge in [0.1, 0.15) is 0 Å². The van der Waals surface area contributed by atoms with E-state index in [-0.39, 0.29) is 11.3 Å². The van der Waals surface area contributed by atoms with E-state index in [9.17, 15) is 14.9 Å². The van der Waals surface area contributed by atoms with Gasteiger partial charge in [-0.25, -0.2) is 4.98 Å². The number of fused-ring (bicyclic) bond motifs is 1. The van der Waals surface area contributed by atoms with Crippen LogP contribution in [0.2, 0.25) is 0 Å². The second-order valence-corrected chi connectivity index (χ2v) is 8.46. The summed E-state index contributed by atoms with van der Waals surface area (Å²) in [6.45, 7) is 0. The van der Waals surface area contributed by atoms with Gasteiger partial charge in [0, 0.05) is 17.3 Å². The van der Waals surface area contributed by atoms with E-state index in [2.05, 4.69) is 10.3 Å². The third-order valence-electron chi connectivity index (χ3n) is 4.14. The van der Waals surface area contributed by atoms with Gasteiger partial charge in [-0.1, -0.05) is 30.0 Å². The van der Waals surface area contributed by atoms with Crippen molar-refractivity contribution in [2.45, 2.75) is 9.24 Å². The lowest BCUT2D eigenvalue weighted by atomic mass is 10.1. The number of aromatic nitrogens is 1. The fourth-order valence-electron chi connectivity index (χ4n) is 2.75. The van der Waals surface area contributed by atoms with Crippen LogP contribution in [-0.4, -0.2) is 15.8 Å². The van der Waals surface area contributed by atoms with Gasteiger partial charge in [0.05, 0.1) is 31.7 Å². The van der Waals surface area contributed by atoms with Crippen LogP contribution in [0.25, 0.3) is 10.2 Å². The number of carbonyl (C=O) groups is 1. The highest BCUT2D eigenvalue weighted by Gasteiger charge is 2.20. The predicted octanol–water partition coefficient (Wildman–Crippen LogP) is 5.48. The first kappa shape index (κ1) is 19.6. The molecule has 0 aliphatic carbocycles. The summed E-state index contributed by atoms with van der Waals surface area (Å²) in [5, 5.41) is 23.2. The third-order valence-corrected chi connectivity index (χ3v) is 6.30. The Labute approximate surface area is 179 Å². The molecule has 3 aromatic carbocycles. The lowest BCUT2D eigenvalue weighted by Gasteiger charge is -2.07. The maximum Gasteiger partial charge on any atom is 0.284 e. The summed E-state index contributed by atoms with van der Waals surface area (Å²) >= 11 is 2.65. The van der Waals surface area contributed by atoms with E-state index in [1.54, 1.807) is 24.3 Å². The van der Waals surface area contributed by atoms with Gasteiger partial charge in [-0.05, 0) is 42.5 Å². The molecule has 1 amide bonds. The van der Waals surface area contributed by atoms with Crippen molar-refractivity contribution in [3.63, 3.8) is 0 Å². The van der Waals surface area contributed by atoms with E-state index >= 15 is 0 Å². The Morgan fingerprint density at radius 3 is 2.73 bits per heavy atom. The SMILES string of the molecule is N#Cc1cccc(NC(=O)c2ccc(Sc3nc4ccccc4s3)c([N+](=O)[O-])c2)c1. The van der Waals surface area contributed by atoms with Gasteiger partial charge in [0.25, 0.3) is 11.6 Å². The molecule has 4 rings (SSSR count). The Morgan fingerprint density at radius 2 is 1.97 bits per heavy atom. The Balaban J connectivity index is 1.60. The molecule has 0 saturated heterocycles. The number of carbonyl (C=O) groups excluding carboxylic acids is 1. The molecule has 0 radical (unpaired) electrons. The van der Waals surface area contributed by atoms with Gasteiger partial charge in [0.15, 0.2) is 4.34 Å². The second-order valence-electron chi connectivity index (χ2n) is 6.14. The quantitative estimate of drug-likeness (QED) is 0.330. The Hall–Kier alpha value is -3.74. The van der Waals surface area contributed by atoms with Crippen LogP contribution in [0, 0.1) is 21.4 Å². The number of anilines is 1. The highest BCUT2D eigenvalue weighted by molar-refractivity contribution is 8.01. The van der Waals surface area contributed by atoms with Crippen LogP contribution < -0.4 is 5.32 Å². The summed E-state index contributed by atoms with van der Waals surface area (Å²) in [7, 11) is 0. The number of hydrogen-bond acceptors (Lipinski definition) is 7. The number of benzene rings is 3. The number of nitro benzene ring substituents is 1. The lowest BCUT2D eigenvalue weighted by Crippen LogP contribution is -2.12. The number of amides is 1. The minimum atomic E-state index is -0.511. The molecule has 146 valence electrons. The topological polar surface area (TPSA) is 109 Å². The average Bonchev–Trinajstić information content (AvgIpc) is 3.16. The largest absolute Gasteiger partial charge is 0.322 e. The zero-order valence-electron chi connectivity index (χ0n) is 15.2. The minimum Gasteiger partial charge on any atom is -0.322 e. The molecular formula is C21H12N4O3S2. The molecule has 9 heteroatoms. The molecule has 0 bridgehead atoms. The molecule has 7 nitrogen and oxygen atoms in total. The van der Waals surface area contributed by atoms with Gasteiger partial charge in [-0.3, -0.25) is 14.9 Å². The van der Waals surface area contributed by atoms with Gasteiger partial charge in [0.2, 0.25) is 0 Å². The number of nitro groups is 1. The number of thiazole rings is 1. The van der Waals surface area contributed by atoms with E-state index < -0.39 is 10.8 Å². The van der Waals surface area contributed by atoms with Crippen molar-refractivity contribution in [2.24, 2.45) is 0 Å². The van der Waals surface area contributed by atoms with Crippen molar-refractivity contribution in [3.8, 4) is 6.07 Å². The van der Waals surface area contributed by atoms with E-state index in [0.29, 0.717) is 20.5 Å². The van der Waals surface area contributed by atoms with Crippen molar-refractivity contribution in [2.75, 3.05) is 5.32 Å². The maximum absolute atomic E-state index is 12.5. The van der Waals surface area contributed by atoms with Crippen molar-refractivity contribution < 1.29 is 9.72 Å². The van der Waals surface area contributed by atoms with E-state index in [4.69, 9.17) is 5.26 Å². The fourth-order valence-corrected chi connectivity index (χ4v) is 4.85. The summed E-state index contributed by atoms with van der Waals surface area (Å²) in [6, 6.07) is 20.4. The third kappa shape index (κ3) is 4.15. The first-order valence-electron chi connectivity index (χ1n) is 8.67. The zero-order chi connectivity index (χ0) is 21.1. The number of rotatable bonds is 5. The van der Waals surface area contributed by atoms with E-state index in [1.807, 2.05) is 30.3 Å². The molecule has 0 spiro atoms. The standard InChI is InChI=1S/C21H12N4O3S2/c22-12-13-4-3-5-15(10-13)23-20(26)14-8-9-19(17(11-14)25(27)28)30-21-24-16-6-1-2-7-18(16)29-21/h1-11H,(H,23,26). The first-order chi connectivity index (χ1) is 14.5. The van der Waals surface area contributed by atoms with Gasteiger partial charge in [-0.15, -0.1) is 11.3 Å². The number of nitrogens with one attached hydrogen (secondary N) is 1. The van der Waals surface area contributed by atoms with E-state index in [1.165, 1.54) is 41.3 Å². The molecule has 1 N–H and O–H groups in total. The minimum absolute atomic E-state index is 0.151. The number of nitrogens with zero attached hydrogens (tertiary/aromatic N) is 3. The molecule has 0 saturated carbocycles. The molecular weight excluding hydrogens is 420 g/mol. The summed E-state index contributed by atoms with van der Waals surface area (Å²) in [4.78, 5) is 28.5. The number of para-hydroxylation sites is 1. The zero-order valence-corrected chi connectivity index (χ0v) is 16.9. The molecule has 0 atom stereocenters. The molecule has 4 aromatic rings. The van der Waals surface area contributed by atoms with Gasteiger partial charge < -0.3 is 5.32 Å². The second kappa shape index (κ2) is 8.32. The molecule has 0 aliphatic heterocycles. The van der Waals surface area contributed by atoms with Crippen molar-refractivity contribution in [3.05, 3.63) is 88.0 Å². The Kier molecular flexibility index (Phi) is 5.43. The van der Waals surface area contributed by atoms with Crippen LogP contribution in [0.4, 0.5) is 11.4 Å². The fraction of sp³-hybridized carbons (Fsp3) is 0. The number of nitriles is 1. The molecule has 30 heavy (non-hydrogen) atoms. The van der Waals surface area contributed by atoms with Gasteiger partial charge in [-0.2, -0.15) is 5.26 Å². The van der Waals surface area contributed by atoms with Gasteiger partial charge >= 0.3 is 0 Å². The normalized spacial score (nSPS) is 10.5. The smallest absolute Gasteiger partial charge is 0.284 e. The maximum atomic E-state index is 12.5. The van der Waals surface area contributed by atoms with Crippen molar-refractivity contribution >= 4 is 50.6 Å². The average molecular weight is 432 g/mol. The highest BCUT2D eigenvalue weighted by atomic mass is 32.2. The van der Waals surface area contributed by atoms with Crippen molar-refractivity contribution in [1.82, 2.24) is 4.98 Å². The van der Waals surface area contributed by atoms with Crippen molar-refractivity contribution in [1.29, 1.82) is 5.26 Å². The molecule has 0 unspecified atom stereocenters. The van der Waals surface area contributed by atoms with Crippen LogP contribution in [0.3, 0.4) is 0 Å². The molecule has 1 heterocycles. The summed E-state index contributed by atoms with van der Waals surface area (Å²) in [5.74, 6) is -0.496. The molecule has 1 aromatic heterocycles. The van der Waals surface area contributed by atoms with Crippen LogP contribution in [-0.2, 0) is 0 Å². The molecule has 0 fully saturated rings. The Morgan fingerprint density at radius 1 is 1.13 bits per heavy atom. The van der Waals surface area contributed by atoms with Crippen LogP contribution in [0.15, 0.2) is 76.0 Å². The van der Waals surface area contributed by atoms with Crippen LogP contribution in [0.1, 0.15) is 15.9 Å². The lowest BCUT2D eigenvalue weighted by molar-refractivity contribution is -0.387. The van der Waals surface area contributed by atoms with E-state index in [0.717, 1.165) is 10.2 Å². The van der Waals surface area contributed by atoms with Crippen LogP contribution >= 0.6 is 23.1 Å². The summed E-state index contributed by atoms with van der Waals surface area (Å²) in [5.41, 5.74) is 1.66. The number of hydrogen-bond donors (Lipinski definition) is 1. The predicted molar refractivity (Wildman–Crippen MR) is 116 cm³/mol. The van der Waals surface area contributed by atoms with Crippen LogP contribution in [0.5, 0.6) is 0 Å². The monoisotopic (exact) mass is 432 g/mol. The summed E-state index contributed by atoms with van der Waals surface area (Å²) in [6.07, 6.45) is 0. The highest BCUT2D eigenvalue weighted by Crippen LogP contribution is 2.39. The first-order valence-corrected chi connectivity index (χ1v) is 10.3. The Bertz CT molecular complexity index is 1290. The molecule has 0 aliphatic rings. The summed E-state index contributed by atoms with van der Waals surface area (Å²) < 4.78 is 1.68.